The van der Waals surface area contributed by atoms with Crippen LogP contribution in [0.1, 0.15) is 0 Å². The van der Waals surface area contributed by atoms with E-state index in [1.165, 1.54) is 6.07 Å². The Morgan fingerprint density at radius 2 is 1.65 bits per heavy atom. The number of hydrogen-bond donors (Lipinski definition) is 1. The van der Waals surface area contributed by atoms with Crippen molar-refractivity contribution in [2.75, 3.05) is 4.72 Å². The molecule has 90 valence electrons. The van der Waals surface area contributed by atoms with E-state index >= 15 is 0 Å². The van der Waals surface area contributed by atoms with Crippen LogP contribution in [0.4, 0.5) is 5.69 Å². The van der Waals surface area contributed by atoms with Gasteiger partial charge in [0.25, 0.3) is 10.0 Å². The summed E-state index contributed by atoms with van der Waals surface area (Å²) in [5, 5.41) is 0.548. The molecule has 17 heavy (non-hydrogen) atoms. The summed E-state index contributed by atoms with van der Waals surface area (Å²) in [4.78, 5) is 0. The molecule has 1 N–H and O–H groups in total. The van der Waals surface area contributed by atoms with Crippen molar-refractivity contribution in [3.63, 3.8) is 0 Å². The Morgan fingerprint density at radius 3 is 2.18 bits per heavy atom. The zero-order chi connectivity index (χ0) is 12.5. The van der Waals surface area contributed by atoms with Crippen molar-refractivity contribution in [3.05, 3.63) is 45.8 Å². The molecule has 2 aromatic rings. The van der Waals surface area contributed by atoms with Crippen molar-refractivity contribution < 1.29 is 8.42 Å². The van der Waals surface area contributed by atoms with Gasteiger partial charge >= 0.3 is 0 Å². The number of sulfonamides is 1. The van der Waals surface area contributed by atoms with Crippen LogP contribution in [0.2, 0.25) is 9.36 Å². The van der Waals surface area contributed by atoms with E-state index in [2.05, 4.69) is 4.72 Å². The second kappa shape index (κ2) is 4.86. The van der Waals surface area contributed by atoms with E-state index in [1.807, 2.05) is 0 Å². The van der Waals surface area contributed by atoms with Gasteiger partial charge < -0.3 is 0 Å². The van der Waals surface area contributed by atoms with Crippen molar-refractivity contribution in [3.8, 4) is 0 Å². The lowest BCUT2D eigenvalue weighted by atomic mass is 10.3. The van der Waals surface area contributed by atoms with Crippen LogP contribution < -0.4 is 4.72 Å². The minimum Gasteiger partial charge on any atom is -0.279 e. The topological polar surface area (TPSA) is 46.2 Å². The summed E-state index contributed by atoms with van der Waals surface area (Å²) < 4.78 is 26.9. The van der Waals surface area contributed by atoms with Gasteiger partial charge in [-0.15, -0.1) is 11.3 Å². The molecule has 0 atom stereocenters. The molecule has 0 bridgehead atoms. The predicted octanol–water partition coefficient (Wildman–Crippen LogP) is 3.86. The van der Waals surface area contributed by atoms with Gasteiger partial charge in [-0.25, -0.2) is 8.42 Å². The predicted molar refractivity (Wildman–Crippen MR) is 71.6 cm³/mol. The van der Waals surface area contributed by atoms with Gasteiger partial charge in [-0.3, -0.25) is 4.72 Å². The summed E-state index contributed by atoms with van der Waals surface area (Å²) in [6, 6.07) is 9.42. The molecule has 0 fully saturated rings. The Kier molecular flexibility index (Phi) is 3.63. The fraction of sp³-hybridized carbons (Fsp3) is 0. The second-order valence-corrected chi connectivity index (χ2v) is 7.23. The highest BCUT2D eigenvalue weighted by atomic mass is 35.5. The first-order valence-corrected chi connectivity index (χ1v) is 7.57. The molecule has 1 heterocycles. The molecule has 0 aliphatic rings. The Labute approximate surface area is 113 Å². The van der Waals surface area contributed by atoms with Gasteiger partial charge in [-0.05, 0) is 36.4 Å². The van der Waals surface area contributed by atoms with Crippen LogP contribution in [0.25, 0.3) is 0 Å². The largest absolute Gasteiger partial charge is 0.279 e. The summed E-state index contributed by atoms with van der Waals surface area (Å²) in [6.45, 7) is 0. The fourth-order valence-electron chi connectivity index (χ4n) is 1.17. The number of rotatable bonds is 3. The first-order valence-electron chi connectivity index (χ1n) is 4.51. The standard InChI is InChI=1S/C10H7Cl2NO2S2/c11-7-1-3-8(4-2-7)13-17(14,15)10-6-5-9(12)16-10/h1-6,13H. The zero-order valence-corrected chi connectivity index (χ0v) is 11.5. The quantitative estimate of drug-likeness (QED) is 0.936. The Hall–Kier alpha value is -0.750. The summed E-state index contributed by atoms with van der Waals surface area (Å²) in [6.07, 6.45) is 0. The third-order valence-electron chi connectivity index (χ3n) is 1.91. The number of hydrogen-bond acceptors (Lipinski definition) is 3. The van der Waals surface area contributed by atoms with E-state index in [0.717, 1.165) is 11.3 Å². The molecule has 0 saturated carbocycles. The maximum Gasteiger partial charge on any atom is 0.271 e. The Bertz CT molecular complexity index is 620. The average Bonchev–Trinajstić information content (AvgIpc) is 2.69. The van der Waals surface area contributed by atoms with Gasteiger partial charge in [0, 0.05) is 10.7 Å². The molecule has 3 nitrogen and oxygen atoms in total. The molecule has 0 radical (unpaired) electrons. The van der Waals surface area contributed by atoms with Gasteiger partial charge in [-0.1, -0.05) is 23.2 Å². The molecule has 0 amide bonds. The molecule has 0 aliphatic heterocycles. The molecule has 2 rings (SSSR count). The first-order chi connectivity index (χ1) is 7.97. The fourth-order valence-corrected chi connectivity index (χ4v) is 3.83. The minimum atomic E-state index is -3.56. The van der Waals surface area contributed by atoms with Crippen LogP contribution >= 0.6 is 34.5 Å². The van der Waals surface area contributed by atoms with Crippen molar-refractivity contribution in [1.82, 2.24) is 0 Å². The van der Waals surface area contributed by atoms with Crippen molar-refractivity contribution in [1.29, 1.82) is 0 Å². The van der Waals surface area contributed by atoms with Gasteiger partial charge in [0.15, 0.2) is 0 Å². The molecule has 0 aliphatic carbocycles. The maximum absolute atomic E-state index is 11.9. The van der Waals surface area contributed by atoms with Crippen LogP contribution in [0.3, 0.4) is 0 Å². The molecule has 0 spiro atoms. The summed E-state index contributed by atoms with van der Waals surface area (Å²) in [7, 11) is -3.56. The van der Waals surface area contributed by atoms with Crippen LogP contribution in [-0.2, 0) is 10.0 Å². The van der Waals surface area contributed by atoms with Gasteiger partial charge in [0.2, 0.25) is 0 Å². The van der Waals surface area contributed by atoms with E-state index in [0.29, 0.717) is 15.0 Å². The monoisotopic (exact) mass is 307 g/mol. The number of benzene rings is 1. The Balaban J connectivity index is 2.26. The molecular formula is C10H7Cl2NO2S2. The smallest absolute Gasteiger partial charge is 0.271 e. The third-order valence-corrected chi connectivity index (χ3v) is 5.27. The SMILES string of the molecule is O=S(=O)(Nc1ccc(Cl)cc1)c1ccc(Cl)s1. The lowest BCUT2D eigenvalue weighted by Crippen LogP contribution is -2.11. The number of anilines is 1. The summed E-state index contributed by atoms with van der Waals surface area (Å²) in [5.41, 5.74) is 0.457. The molecule has 1 aromatic carbocycles. The van der Waals surface area contributed by atoms with Crippen LogP contribution in [-0.4, -0.2) is 8.42 Å². The van der Waals surface area contributed by atoms with Crippen LogP contribution in [0, 0.1) is 0 Å². The minimum absolute atomic E-state index is 0.178. The number of thiophene rings is 1. The molecular weight excluding hydrogens is 301 g/mol. The number of halogens is 2. The zero-order valence-electron chi connectivity index (χ0n) is 8.35. The van der Waals surface area contributed by atoms with Crippen molar-refractivity contribution in [2.24, 2.45) is 0 Å². The first kappa shape index (κ1) is 12.7. The third kappa shape index (κ3) is 3.13. The van der Waals surface area contributed by atoms with Crippen LogP contribution in [0.15, 0.2) is 40.6 Å². The highest BCUT2D eigenvalue weighted by molar-refractivity contribution is 7.94. The van der Waals surface area contributed by atoms with Gasteiger partial charge in [-0.2, -0.15) is 0 Å². The average molecular weight is 308 g/mol. The normalized spacial score (nSPS) is 11.4. The van der Waals surface area contributed by atoms with Gasteiger partial charge in [0.05, 0.1) is 4.34 Å². The number of nitrogens with one attached hydrogen (secondary N) is 1. The lowest BCUT2D eigenvalue weighted by Gasteiger charge is -2.05. The highest BCUT2D eigenvalue weighted by Gasteiger charge is 2.16. The second-order valence-electron chi connectivity index (χ2n) is 3.17. The van der Waals surface area contributed by atoms with Crippen molar-refractivity contribution >= 4 is 50.2 Å². The van der Waals surface area contributed by atoms with E-state index in [-0.39, 0.29) is 4.21 Å². The van der Waals surface area contributed by atoms with E-state index < -0.39 is 10.0 Å². The van der Waals surface area contributed by atoms with Crippen molar-refractivity contribution in [2.45, 2.75) is 4.21 Å². The maximum atomic E-state index is 11.9. The van der Waals surface area contributed by atoms with E-state index in [1.54, 1.807) is 30.3 Å². The van der Waals surface area contributed by atoms with E-state index in [9.17, 15) is 8.42 Å². The molecule has 0 saturated heterocycles. The molecule has 0 unspecified atom stereocenters. The highest BCUT2D eigenvalue weighted by Crippen LogP contribution is 2.27. The summed E-state index contributed by atoms with van der Waals surface area (Å²) >= 11 is 12.4. The lowest BCUT2D eigenvalue weighted by molar-refractivity contribution is 0.603. The summed E-state index contributed by atoms with van der Waals surface area (Å²) in [5.74, 6) is 0. The molecule has 7 heteroatoms. The Morgan fingerprint density at radius 1 is 1.00 bits per heavy atom. The van der Waals surface area contributed by atoms with Gasteiger partial charge in [0.1, 0.15) is 4.21 Å². The van der Waals surface area contributed by atoms with E-state index in [4.69, 9.17) is 23.2 Å². The van der Waals surface area contributed by atoms with Crippen LogP contribution in [0.5, 0.6) is 0 Å². The molecule has 1 aromatic heterocycles.